The lowest BCUT2D eigenvalue weighted by Crippen LogP contribution is -2.22. The maximum absolute atomic E-state index is 13.1. The van der Waals surface area contributed by atoms with Crippen LogP contribution in [0.15, 0.2) is 35.2 Å². The van der Waals surface area contributed by atoms with Crippen LogP contribution in [0.25, 0.3) is 0 Å². The van der Waals surface area contributed by atoms with E-state index in [-0.39, 0.29) is 13.0 Å². The first-order valence-electron chi connectivity index (χ1n) is 8.37. The molecule has 0 saturated carbocycles. The van der Waals surface area contributed by atoms with Crippen molar-refractivity contribution in [1.82, 2.24) is 0 Å². The van der Waals surface area contributed by atoms with Crippen LogP contribution >= 0.6 is 11.8 Å². The van der Waals surface area contributed by atoms with Gasteiger partial charge in [-0.05, 0) is 50.1 Å². The van der Waals surface area contributed by atoms with Crippen molar-refractivity contribution < 1.29 is 23.1 Å². The van der Waals surface area contributed by atoms with Gasteiger partial charge in [-0.2, -0.15) is 0 Å². The lowest BCUT2D eigenvalue weighted by Gasteiger charge is -2.13. The quantitative estimate of drug-likeness (QED) is 0.554. The molecule has 4 nitrogen and oxygen atoms in total. The van der Waals surface area contributed by atoms with Crippen molar-refractivity contribution >= 4 is 29.3 Å². The highest BCUT2D eigenvalue weighted by Gasteiger charge is 2.11. The number of carbonyl (C=O) groups excluding carboxylic acids is 2. The predicted octanol–water partition coefficient (Wildman–Crippen LogP) is 4.55. The van der Waals surface area contributed by atoms with Crippen LogP contribution in [0.4, 0.5) is 14.5 Å². The van der Waals surface area contributed by atoms with Crippen LogP contribution in [0.2, 0.25) is 0 Å². The first-order chi connectivity index (χ1) is 12.8. The number of halogens is 2. The largest absolute Gasteiger partial charge is 0.456 e. The SMILES string of the molecule is Cc1cc(C)c(NC(=O)COC(=O)CCSc2ccc(F)c(F)c2)c(C)c1. The molecule has 1 N–H and O–H groups in total. The van der Waals surface area contributed by atoms with Gasteiger partial charge in [0.1, 0.15) is 0 Å². The fourth-order valence-corrected chi connectivity index (χ4v) is 3.45. The van der Waals surface area contributed by atoms with Gasteiger partial charge >= 0.3 is 5.97 Å². The molecule has 0 aliphatic carbocycles. The number of benzene rings is 2. The number of thioether (sulfide) groups is 1. The van der Waals surface area contributed by atoms with Gasteiger partial charge in [0.05, 0.1) is 6.42 Å². The van der Waals surface area contributed by atoms with Crippen molar-refractivity contribution in [2.75, 3.05) is 17.7 Å². The third-order valence-electron chi connectivity index (χ3n) is 3.77. The van der Waals surface area contributed by atoms with Gasteiger partial charge in [-0.3, -0.25) is 9.59 Å². The molecule has 0 bridgehead atoms. The molecule has 0 spiro atoms. The zero-order valence-corrected chi connectivity index (χ0v) is 16.2. The second kappa shape index (κ2) is 9.50. The lowest BCUT2D eigenvalue weighted by molar-refractivity contribution is -0.146. The van der Waals surface area contributed by atoms with Crippen LogP contribution in [-0.2, 0) is 14.3 Å². The van der Waals surface area contributed by atoms with Crippen LogP contribution in [0, 0.1) is 32.4 Å². The van der Waals surface area contributed by atoms with E-state index in [2.05, 4.69) is 5.32 Å². The Kier molecular flexibility index (Phi) is 7.36. The fourth-order valence-electron chi connectivity index (χ4n) is 2.59. The number of carbonyl (C=O) groups is 2. The average Bonchev–Trinajstić information content (AvgIpc) is 2.59. The van der Waals surface area contributed by atoms with Gasteiger partial charge in [-0.25, -0.2) is 8.78 Å². The first-order valence-corrected chi connectivity index (χ1v) is 9.36. The monoisotopic (exact) mass is 393 g/mol. The van der Waals surface area contributed by atoms with E-state index in [1.165, 1.54) is 17.8 Å². The van der Waals surface area contributed by atoms with Gasteiger partial charge in [0.25, 0.3) is 5.91 Å². The van der Waals surface area contributed by atoms with E-state index in [1.807, 2.05) is 32.9 Å². The van der Waals surface area contributed by atoms with E-state index in [9.17, 15) is 18.4 Å². The second-order valence-electron chi connectivity index (χ2n) is 6.16. The number of anilines is 1. The number of rotatable bonds is 7. The van der Waals surface area contributed by atoms with E-state index >= 15 is 0 Å². The highest BCUT2D eigenvalue weighted by atomic mass is 32.2. The Bertz CT molecular complexity index is 832. The Morgan fingerprint density at radius 1 is 1.04 bits per heavy atom. The summed E-state index contributed by atoms with van der Waals surface area (Å²) in [5.41, 5.74) is 3.70. The molecule has 0 saturated heterocycles. The van der Waals surface area contributed by atoms with Crippen molar-refractivity contribution in [3.8, 4) is 0 Å². The fraction of sp³-hybridized carbons (Fsp3) is 0.300. The maximum Gasteiger partial charge on any atom is 0.307 e. The number of nitrogens with one attached hydrogen (secondary N) is 1. The molecule has 0 atom stereocenters. The predicted molar refractivity (Wildman–Crippen MR) is 102 cm³/mol. The molecule has 0 aliphatic heterocycles. The summed E-state index contributed by atoms with van der Waals surface area (Å²) in [6, 6.07) is 7.47. The van der Waals surface area contributed by atoms with Gasteiger partial charge in [0.15, 0.2) is 18.2 Å². The number of esters is 1. The lowest BCUT2D eigenvalue weighted by atomic mass is 10.1. The molecule has 0 aromatic heterocycles. The molecule has 2 rings (SSSR count). The van der Waals surface area contributed by atoms with Crippen LogP contribution in [0.1, 0.15) is 23.1 Å². The van der Waals surface area contributed by atoms with Crippen LogP contribution in [0.3, 0.4) is 0 Å². The maximum atomic E-state index is 13.1. The van der Waals surface area contributed by atoms with Crippen LogP contribution < -0.4 is 5.32 Å². The Morgan fingerprint density at radius 2 is 1.70 bits per heavy atom. The van der Waals surface area contributed by atoms with E-state index in [1.54, 1.807) is 0 Å². The van der Waals surface area contributed by atoms with Gasteiger partial charge in [0, 0.05) is 16.3 Å². The van der Waals surface area contributed by atoms with Crippen LogP contribution in [0.5, 0.6) is 0 Å². The molecule has 2 aromatic rings. The highest BCUT2D eigenvalue weighted by Crippen LogP contribution is 2.22. The Morgan fingerprint density at radius 3 is 2.33 bits per heavy atom. The smallest absolute Gasteiger partial charge is 0.307 e. The standard InChI is InChI=1S/C20H21F2NO3S/c1-12-8-13(2)20(14(3)9-12)23-18(24)11-26-19(25)6-7-27-15-4-5-16(21)17(22)10-15/h4-5,8-10H,6-7,11H2,1-3H3,(H,23,24). The van der Waals surface area contributed by atoms with E-state index in [0.29, 0.717) is 10.6 Å². The number of hydrogen-bond acceptors (Lipinski definition) is 4. The minimum absolute atomic E-state index is 0.0551. The third-order valence-corrected chi connectivity index (χ3v) is 4.77. The number of hydrogen-bond donors (Lipinski definition) is 1. The summed E-state index contributed by atoms with van der Waals surface area (Å²) in [6.07, 6.45) is 0.0551. The summed E-state index contributed by atoms with van der Waals surface area (Å²) in [7, 11) is 0. The van der Waals surface area contributed by atoms with Gasteiger partial charge in [-0.1, -0.05) is 17.7 Å². The average molecular weight is 393 g/mol. The van der Waals surface area contributed by atoms with Gasteiger partial charge in [0.2, 0.25) is 0 Å². The number of aryl methyl sites for hydroxylation is 3. The second-order valence-corrected chi connectivity index (χ2v) is 7.33. The molecule has 2 aromatic carbocycles. The van der Waals surface area contributed by atoms with E-state index in [0.717, 1.165) is 34.5 Å². The summed E-state index contributed by atoms with van der Waals surface area (Å²) in [5, 5.41) is 2.76. The number of amides is 1. The van der Waals surface area contributed by atoms with Gasteiger partial charge < -0.3 is 10.1 Å². The minimum Gasteiger partial charge on any atom is -0.456 e. The highest BCUT2D eigenvalue weighted by molar-refractivity contribution is 7.99. The zero-order chi connectivity index (χ0) is 20.0. The summed E-state index contributed by atoms with van der Waals surface area (Å²) in [6.45, 7) is 5.40. The molecular formula is C20H21F2NO3S. The molecule has 144 valence electrons. The van der Waals surface area contributed by atoms with Crippen molar-refractivity contribution in [3.63, 3.8) is 0 Å². The van der Waals surface area contributed by atoms with Crippen LogP contribution in [-0.4, -0.2) is 24.2 Å². The van der Waals surface area contributed by atoms with E-state index < -0.39 is 23.5 Å². The van der Waals surface area contributed by atoms with Gasteiger partial charge in [-0.15, -0.1) is 11.8 Å². The zero-order valence-electron chi connectivity index (χ0n) is 15.4. The molecule has 0 aliphatic rings. The Balaban J connectivity index is 1.75. The molecule has 7 heteroatoms. The summed E-state index contributed by atoms with van der Waals surface area (Å²) >= 11 is 1.21. The topological polar surface area (TPSA) is 55.4 Å². The van der Waals surface area contributed by atoms with Crippen molar-refractivity contribution in [2.45, 2.75) is 32.1 Å². The Hall–Kier alpha value is -2.41. The summed E-state index contributed by atoms with van der Waals surface area (Å²) in [5.74, 6) is -2.45. The third kappa shape index (κ3) is 6.36. The number of ether oxygens (including phenoxy) is 1. The Labute approximate surface area is 161 Å². The van der Waals surface area contributed by atoms with Crippen molar-refractivity contribution in [2.24, 2.45) is 0 Å². The molecule has 0 fully saturated rings. The molecule has 0 unspecified atom stereocenters. The molecule has 1 amide bonds. The van der Waals surface area contributed by atoms with E-state index in [4.69, 9.17) is 4.74 Å². The molecule has 27 heavy (non-hydrogen) atoms. The summed E-state index contributed by atoms with van der Waals surface area (Å²) < 4.78 is 30.9. The first kappa shape index (κ1) is 20.9. The molecule has 0 heterocycles. The van der Waals surface area contributed by atoms with Crippen molar-refractivity contribution in [1.29, 1.82) is 0 Å². The summed E-state index contributed by atoms with van der Waals surface area (Å²) in [4.78, 5) is 24.3. The normalized spacial score (nSPS) is 10.6. The minimum atomic E-state index is -0.930. The molecular weight excluding hydrogens is 372 g/mol. The van der Waals surface area contributed by atoms with Crippen molar-refractivity contribution in [3.05, 3.63) is 58.7 Å². The molecule has 0 radical (unpaired) electrons.